The number of phenolic OH excluding ortho intramolecular Hbond substituents is 1. The predicted molar refractivity (Wildman–Crippen MR) is 92.5 cm³/mol. The normalized spacial score (nSPS) is 11.0. The van der Waals surface area contributed by atoms with Crippen LogP contribution in [0.25, 0.3) is 22.4 Å². The molecule has 2 aromatic heterocycles. The van der Waals surface area contributed by atoms with E-state index in [0.717, 1.165) is 5.69 Å². The van der Waals surface area contributed by atoms with Crippen LogP contribution in [0, 0.1) is 0 Å². The summed E-state index contributed by atoms with van der Waals surface area (Å²) in [5, 5.41) is 22.5. The first kappa shape index (κ1) is 15.3. The molecular formula is C17H12ClN3O4. The van der Waals surface area contributed by atoms with Gasteiger partial charge in [-0.1, -0.05) is 16.7 Å². The summed E-state index contributed by atoms with van der Waals surface area (Å²) in [6, 6.07) is 10.4. The Morgan fingerprint density at radius 3 is 2.72 bits per heavy atom. The highest BCUT2D eigenvalue weighted by molar-refractivity contribution is 6.30. The number of fused-ring (bicyclic) bond motifs is 1. The number of halogens is 1. The van der Waals surface area contributed by atoms with Gasteiger partial charge < -0.3 is 24.0 Å². The van der Waals surface area contributed by atoms with Crippen molar-refractivity contribution >= 4 is 34.3 Å². The number of rotatable bonds is 4. The van der Waals surface area contributed by atoms with Gasteiger partial charge in [0.15, 0.2) is 0 Å². The average molecular weight is 358 g/mol. The zero-order chi connectivity index (χ0) is 17.4. The van der Waals surface area contributed by atoms with Crippen molar-refractivity contribution in [3.05, 3.63) is 47.7 Å². The van der Waals surface area contributed by atoms with Crippen molar-refractivity contribution in [2.75, 3.05) is 12.4 Å². The molecule has 25 heavy (non-hydrogen) atoms. The molecule has 126 valence electrons. The van der Waals surface area contributed by atoms with Gasteiger partial charge in [0.2, 0.25) is 0 Å². The van der Waals surface area contributed by atoms with E-state index < -0.39 is 0 Å². The molecule has 8 heteroatoms. The molecule has 0 bridgehead atoms. The van der Waals surface area contributed by atoms with E-state index in [9.17, 15) is 5.11 Å². The maximum absolute atomic E-state index is 10.3. The van der Waals surface area contributed by atoms with Crippen LogP contribution in [0.4, 0.5) is 11.7 Å². The van der Waals surface area contributed by atoms with Gasteiger partial charge in [0, 0.05) is 16.8 Å². The Labute approximate surface area is 146 Å². The van der Waals surface area contributed by atoms with Gasteiger partial charge in [-0.3, -0.25) is 0 Å². The first-order valence-corrected chi connectivity index (χ1v) is 7.67. The van der Waals surface area contributed by atoms with Crippen molar-refractivity contribution in [2.24, 2.45) is 0 Å². The molecule has 0 unspecified atom stereocenters. The minimum atomic E-state index is -0.0824. The van der Waals surface area contributed by atoms with Gasteiger partial charge in [0.05, 0.1) is 18.8 Å². The van der Waals surface area contributed by atoms with Crippen LogP contribution in [0.3, 0.4) is 0 Å². The average Bonchev–Trinajstić information content (AvgIpc) is 3.24. The smallest absolute Gasteiger partial charge is 0.320 e. The van der Waals surface area contributed by atoms with Gasteiger partial charge >= 0.3 is 6.01 Å². The van der Waals surface area contributed by atoms with Crippen molar-refractivity contribution in [2.45, 2.75) is 0 Å². The number of anilines is 2. The largest absolute Gasteiger partial charge is 0.507 e. The number of benzene rings is 2. The summed E-state index contributed by atoms with van der Waals surface area (Å²) in [4.78, 5) is 0. The summed E-state index contributed by atoms with van der Waals surface area (Å²) in [5.41, 5.74) is 1.53. The van der Waals surface area contributed by atoms with Crippen LogP contribution < -0.4 is 10.1 Å². The quantitative estimate of drug-likeness (QED) is 0.551. The number of aromatic hydroxyl groups is 1. The van der Waals surface area contributed by atoms with E-state index in [0.29, 0.717) is 27.3 Å². The van der Waals surface area contributed by atoms with Gasteiger partial charge in [-0.25, -0.2) is 0 Å². The molecular weight excluding hydrogens is 346 g/mol. The molecule has 0 spiro atoms. The molecule has 0 atom stereocenters. The van der Waals surface area contributed by atoms with Crippen LogP contribution in [0.5, 0.6) is 11.5 Å². The summed E-state index contributed by atoms with van der Waals surface area (Å²) in [6.07, 6.45) is 1.51. The predicted octanol–water partition coefficient (Wildman–Crippen LogP) is 4.59. The molecule has 2 N–H and O–H groups in total. The van der Waals surface area contributed by atoms with E-state index in [1.165, 1.54) is 19.4 Å². The highest BCUT2D eigenvalue weighted by Crippen LogP contribution is 2.43. The summed E-state index contributed by atoms with van der Waals surface area (Å²) in [6.45, 7) is 0. The van der Waals surface area contributed by atoms with E-state index >= 15 is 0 Å². The van der Waals surface area contributed by atoms with Crippen LogP contribution in [-0.2, 0) is 0 Å². The molecule has 0 fully saturated rings. The third-order valence-electron chi connectivity index (χ3n) is 3.63. The van der Waals surface area contributed by atoms with Gasteiger partial charge in [-0.2, -0.15) is 0 Å². The van der Waals surface area contributed by atoms with Crippen molar-refractivity contribution in [3.8, 4) is 23.0 Å². The monoisotopic (exact) mass is 357 g/mol. The Bertz CT molecular complexity index is 1040. The minimum Gasteiger partial charge on any atom is -0.507 e. The van der Waals surface area contributed by atoms with E-state index in [4.69, 9.17) is 25.2 Å². The Hall–Kier alpha value is -3.19. The Morgan fingerprint density at radius 2 is 1.96 bits per heavy atom. The second-order valence-electron chi connectivity index (χ2n) is 5.18. The number of ether oxygens (including phenoxy) is 1. The molecule has 4 aromatic rings. The molecule has 0 amide bonds. The zero-order valence-electron chi connectivity index (χ0n) is 13.0. The topological polar surface area (TPSA) is 93.6 Å². The van der Waals surface area contributed by atoms with Crippen LogP contribution in [0.2, 0.25) is 5.02 Å². The fourth-order valence-electron chi connectivity index (χ4n) is 2.52. The van der Waals surface area contributed by atoms with E-state index in [2.05, 4.69) is 15.5 Å². The lowest BCUT2D eigenvalue weighted by Crippen LogP contribution is -1.90. The van der Waals surface area contributed by atoms with Gasteiger partial charge in [0.25, 0.3) is 5.89 Å². The van der Waals surface area contributed by atoms with Gasteiger partial charge in [0.1, 0.15) is 22.6 Å². The maximum atomic E-state index is 10.3. The number of hydrogen-bond acceptors (Lipinski definition) is 7. The van der Waals surface area contributed by atoms with Crippen LogP contribution in [0.15, 0.2) is 51.5 Å². The molecule has 4 rings (SSSR count). The summed E-state index contributed by atoms with van der Waals surface area (Å²) >= 11 is 5.86. The number of phenols is 1. The Kier molecular flexibility index (Phi) is 3.70. The standard InChI is InChI=1S/C17H12ClN3O4/c1-23-15-11-6-7-24-13(11)8-12(22)14(15)16-20-21-17(25-16)19-10-4-2-9(18)3-5-10/h2-8,22H,1H3,(H,19,21). The van der Waals surface area contributed by atoms with Crippen molar-refractivity contribution in [1.82, 2.24) is 10.2 Å². The molecule has 0 saturated heterocycles. The first-order chi connectivity index (χ1) is 12.2. The fraction of sp³-hybridized carbons (Fsp3) is 0.0588. The lowest BCUT2D eigenvalue weighted by Gasteiger charge is -2.08. The number of hydrogen-bond donors (Lipinski definition) is 2. The van der Waals surface area contributed by atoms with Crippen LogP contribution >= 0.6 is 11.6 Å². The van der Waals surface area contributed by atoms with Crippen molar-refractivity contribution in [3.63, 3.8) is 0 Å². The first-order valence-electron chi connectivity index (χ1n) is 7.29. The highest BCUT2D eigenvalue weighted by atomic mass is 35.5. The number of aromatic nitrogens is 2. The van der Waals surface area contributed by atoms with E-state index in [1.54, 1.807) is 30.3 Å². The van der Waals surface area contributed by atoms with E-state index in [1.807, 2.05) is 0 Å². The second kappa shape index (κ2) is 6.03. The number of nitrogens with one attached hydrogen (secondary N) is 1. The molecule has 7 nitrogen and oxygen atoms in total. The van der Waals surface area contributed by atoms with E-state index in [-0.39, 0.29) is 17.7 Å². The molecule has 0 aliphatic rings. The highest BCUT2D eigenvalue weighted by Gasteiger charge is 2.22. The molecule has 0 aliphatic carbocycles. The lowest BCUT2D eigenvalue weighted by molar-refractivity contribution is 0.412. The second-order valence-corrected chi connectivity index (χ2v) is 5.62. The lowest BCUT2D eigenvalue weighted by atomic mass is 10.1. The van der Waals surface area contributed by atoms with Crippen LogP contribution in [-0.4, -0.2) is 22.4 Å². The molecule has 2 heterocycles. The number of furan rings is 1. The summed E-state index contributed by atoms with van der Waals surface area (Å²) in [7, 11) is 1.49. The third kappa shape index (κ3) is 2.74. The third-order valence-corrected chi connectivity index (χ3v) is 3.88. The van der Waals surface area contributed by atoms with Gasteiger partial charge in [-0.05, 0) is 30.3 Å². The SMILES string of the molecule is COc1c(-c2nnc(Nc3ccc(Cl)cc3)o2)c(O)cc2occc12. The molecule has 0 radical (unpaired) electrons. The number of methoxy groups -OCH3 is 1. The Balaban J connectivity index is 1.73. The molecule has 2 aromatic carbocycles. The molecule has 0 aliphatic heterocycles. The van der Waals surface area contributed by atoms with Crippen molar-refractivity contribution in [1.29, 1.82) is 0 Å². The zero-order valence-corrected chi connectivity index (χ0v) is 13.7. The van der Waals surface area contributed by atoms with Gasteiger partial charge in [-0.15, -0.1) is 5.10 Å². The summed E-state index contributed by atoms with van der Waals surface area (Å²) < 4.78 is 16.3. The fourth-order valence-corrected chi connectivity index (χ4v) is 2.64. The van der Waals surface area contributed by atoms with Crippen molar-refractivity contribution < 1.29 is 18.7 Å². The molecule has 0 saturated carbocycles. The maximum Gasteiger partial charge on any atom is 0.320 e. The Morgan fingerprint density at radius 1 is 1.16 bits per heavy atom. The van der Waals surface area contributed by atoms with Crippen LogP contribution in [0.1, 0.15) is 0 Å². The minimum absolute atomic E-state index is 0.0824. The number of nitrogens with zero attached hydrogens (tertiary/aromatic N) is 2. The summed E-state index contributed by atoms with van der Waals surface area (Å²) in [5.74, 6) is 0.431.